The van der Waals surface area contributed by atoms with Gasteiger partial charge in [-0.25, -0.2) is 0 Å². The van der Waals surface area contributed by atoms with Crippen molar-refractivity contribution in [2.45, 2.75) is 20.0 Å². The van der Waals surface area contributed by atoms with Gasteiger partial charge in [0.2, 0.25) is 5.62 Å². The second kappa shape index (κ2) is 7.18. The van der Waals surface area contributed by atoms with E-state index in [9.17, 15) is 0 Å². The number of nitrogens with zero attached hydrogens (tertiary/aromatic N) is 2. The van der Waals surface area contributed by atoms with Crippen molar-refractivity contribution < 1.29 is 4.74 Å². The molecule has 5 heteroatoms. The van der Waals surface area contributed by atoms with Gasteiger partial charge in [0, 0.05) is 6.54 Å². The summed E-state index contributed by atoms with van der Waals surface area (Å²) in [6, 6.07) is 17.9. The summed E-state index contributed by atoms with van der Waals surface area (Å²) in [5.41, 5.74) is 2.71. The minimum absolute atomic E-state index is 0. The number of hydrogen-bond donors (Lipinski definition) is 1. The number of rotatable bonds is 5. The van der Waals surface area contributed by atoms with Crippen molar-refractivity contribution in [1.29, 1.82) is 5.41 Å². The molecule has 0 unspecified atom stereocenters. The van der Waals surface area contributed by atoms with Crippen molar-refractivity contribution in [2.75, 3.05) is 6.61 Å². The largest absolute Gasteiger partial charge is 0.492 e. The van der Waals surface area contributed by atoms with Crippen LogP contribution in [0.25, 0.3) is 11.0 Å². The van der Waals surface area contributed by atoms with Gasteiger partial charge >= 0.3 is 0 Å². The Morgan fingerprint density at radius 1 is 0.909 bits per heavy atom. The first-order chi connectivity index (χ1) is 10.3. The molecule has 4 nitrogen and oxygen atoms in total. The first-order valence-corrected chi connectivity index (χ1v) is 7.21. The molecule has 3 aromatic rings. The van der Waals surface area contributed by atoms with E-state index in [1.165, 1.54) is 0 Å². The molecule has 0 bridgehead atoms. The van der Waals surface area contributed by atoms with E-state index in [-0.39, 0.29) is 12.4 Å². The third-order valence-corrected chi connectivity index (χ3v) is 3.62. The van der Waals surface area contributed by atoms with Gasteiger partial charge in [-0.15, -0.1) is 12.4 Å². The second-order valence-electron chi connectivity index (χ2n) is 4.87. The Morgan fingerprint density at radius 2 is 1.50 bits per heavy atom. The molecule has 0 aliphatic carbocycles. The first kappa shape index (κ1) is 16.2. The Kier molecular flexibility index (Phi) is 5.28. The summed E-state index contributed by atoms with van der Waals surface area (Å²) >= 11 is 0. The topological polar surface area (TPSA) is 42.9 Å². The quantitative estimate of drug-likeness (QED) is 0.769. The highest BCUT2D eigenvalue weighted by Gasteiger charge is 2.08. The fourth-order valence-corrected chi connectivity index (χ4v) is 2.61. The number of nitrogens with one attached hydrogen (secondary N) is 1. The van der Waals surface area contributed by atoms with Gasteiger partial charge in [-0.2, -0.15) is 0 Å². The average molecular weight is 318 g/mol. The Morgan fingerprint density at radius 3 is 2.14 bits per heavy atom. The number of halogens is 1. The number of benzene rings is 2. The molecule has 2 aromatic carbocycles. The van der Waals surface area contributed by atoms with Crippen LogP contribution in [0.4, 0.5) is 0 Å². The maximum Gasteiger partial charge on any atom is 0.203 e. The number of para-hydroxylation sites is 3. The van der Waals surface area contributed by atoms with E-state index in [1.807, 2.05) is 51.6 Å². The van der Waals surface area contributed by atoms with E-state index in [1.54, 1.807) is 0 Å². The number of imidazole rings is 1. The third kappa shape index (κ3) is 3.02. The Balaban J connectivity index is 0.00000176. The summed E-state index contributed by atoms with van der Waals surface area (Å²) in [5, 5.41) is 8.33. The van der Waals surface area contributed by atoms with Crippen LogP contribution in [-0.2, 0) is 13.1 Å². The van der Waals surface area contributed by atoms with Crippen LogP contribution in [0.15, 0.2) is 54.6 Å². The molecule has 0 amide bonds. The highest BCUT2D eigenvalue weighted by atomic mass is 35.5. The Bertz CT molecular complexity index is 793. The van der Waals surface area contributed by atoms with Crippen molar-refractivity contribution in [2.24, 2.45) is 0 Å². The fraction of sp³-hybridized carbons (Fsp3) is 0.235. The molecule has 0 spiro atoms. The van der Waals surface area contributed by atoms with Gasteiger partial charge in [-0.3, -0.25) is 5.41 Å². The van der Waals surface area contributed by atoms with Gasteiger partial charge in [0.1, 0.15) is 12.4 Å². The Labute approximate surface area is 135 Å². The van der Waals surface area contributed by atoms with Crippen molar-refractivity contribution in [3.05, 3.63) is 60.2 Å². The lowest BCUT2D eigenvalue weighted by atomic mass is 10.3. The molecule has 22 heavy (non-hydrogen) atoms. The molecule has 116 valence electrons. The standard InChI is InChI=1S/C17H19N3O.ClH/c1-2-19-15-10-6-7-11-16(15)20(17(19)18)12-13-21-14-8-4-3-5-9-14;/h3-11,18H,2,12-13H2,1H3;1H. The van der Waals surface area contributed by atoms with Gasteiger partial charge in [0.25, 0.3) is 0 Å². The molecule has 0 saturated carbocycles. The lowest BCUT2D eigenvalue weighted by Crippen LogP contribution is -2.26. The summed E-state index contributed by atoms with van der Waals surface area (Å²) in [4.78, 5) is 0. The van der Waals surface area contributed by atoms with Crippen LogP contribution in [-0.4, -0.2) is 15.7 Å². The molecule has 0 radical (unpaired) electrons. The van der Waals surface area contributed by atoms with Crippen LogP contribution in [0.1, 0.15) is 6.92 Å². The molecule has 0 atom stereocenters. The number of aromatic nitrogens is 2. The maximum absolute atomic E-state index is 8.33. The van der Waals surface area contributed by atoms with Crippen LogP contribution in [0.2, 0.25) is 0 Å². The zero-order valence-corrected chi connectivity index (χ0v) is 13.3. The second-order valence-corrected chi connectivity index (χ2v) is 4.87. The first-order valence-electron chi connectivity index (χ1n) is 7.21. The average Bonchev–Trinajstić information content (AvgIpc) is 2.80. The smallest absolute Gasteiger partial charge is 0.203 e. The van der Waals surface area contributed by atoms with E-state index in [0.29, 0.717) is 18.8 Å². The van der Waals surface area contributed by atoms with Crippen molar-refractivity contribution in [3.63, 3.8) is 0 Å². The molecular weight excluding hydrogens is 298 g/mol. The fourth-order valence-electron chi connectivity index (χ4n) is 2.61. The highest BCUT2D eigenvalue weighted by molar-refractivity contribution is 5.85. The van der Waals surface area contributed by atoms with E-state index in [4.69, 9.17) is 10.1 Å². The van der Waals surface area contributed by atoms with Gasteiger partial charge < -0.3 is 13.9 Å². The van der Waals surface area contributed by atoms with Crippen LogP contribution >= 0.6 is 12.4 Å². The molecule has 0 aliphatic rings. The number of fused-ring (bicyclic) bond motifs is 1. The summed E-state index contributed by atoms with van der Waals surface area (Å²) in [5.74, 6) is 0.865. The van der Waals surface area contributed by atoms with Crippen molar-refractivity contribution in [3.8, 4) is 5.75 Å². The Hall–Kier alpha value is -2.20. The van der Waals surface area contributed by atoms with Gasteiger partial charge in [-0.05, 0) is 31.2 Å². The van der Waals surface area contributed by atoms with Crippen LogP contribution in [0, 0.1) is 5.41 Å². The summed E-state index contributed by atoms with van der Waals surface area (Å²) < 4.78 is 9.76. The zero-order valence-electron chi connectivity index (χ0n) is 12.5. The summed E-state index contributed by atoms with van der Waals surface area (Å²) in [6.45, 7) is 4.08. The number of hydrogen-bond acceptors (Lipinski definition) is 2. The lowest BCUT2D eigenvalue weighted by molar-refractivity contribution is 0.296. The molecule has 3 rings (SSSR count). The molecule has 0 fully saturated rings. The monoisotopic (exact) mass is 317 g/mol. The molecule has 1 N–H and O–H groups in total. The third-order valence-electron chi connectivity index (χ3n) is 3.62. The van der Waals surface area contributed by atoms with Crippen LogP contribution < -0.4 is 10.4 Å². The predicted octanol–water partition coefficient (Wildman–Crippen LogP) is 3.44. The van der Waals surface area contributed by atoms with E-state index in [0.717, 1.165) is 23.3 Å². The van der Waals surface area contributed by atoms with E-state index < -0.39 is 0 Å². The molecule has 1 aromatic heterocycles. The molecular formula is C17H20ClN3O. The summed E-state index contributed by atoms with van der Waals surface area (Å²) in [7, 11) is 0. The lowest BCUT2D eigenvalue weighted by Gasteiger charge is -2.07. The maximum atomic E-state index is 8.33. The van der Waals surface area contributed by atoms with Crippen molar-refractivity contribution in [1.82, 2.24) is 9.13 Å². The summed E-state index contributed by atoms with van der Waals surface area (Å²) in [6.07, 6.45) is 0. The normalized spacial score (nSPS) is 10.4. The highest BCUT2D eigenvalue weighted by Crippen LogP contribution is 2.13. The minimum atomic E-state index is 0. The van der Waals surface area contributed by atoms with Gasteiger partial charge in [0.05, 0.1) is 17.6 Å². The van der Waals surface area contributed by atoms with E-state index in [2.05, 4.69) is 19.1 Å². The van der Waals surface area contributed by atoms with Crippen LogP contribution in [0.3, 0.4) is 0 Å². The SMILES string of the molecule is CCn1c(=N)n(CCOc2ccccc2)c2ccccc21.Cl. The predicted molar refractivity (Wildman–Crippen MR) is 90.6 cm³/mol. The van der Waals surface area contributed by atoms with E-state index >= 15 is 0 Å². The zero-order chi connectivity index (χ0) is 14.7. The van der Waals surface area contributed by atoms with Gasteiger partial charge in [-0.1, -0.05) is 30.3 Å². The van der Waals surface area contributed by atoms with Crippen LogP contribution in [0.5, 0.6) is 5.75 Å². The van der Waals surface area contributed by atoms with Crippen molar-refractivity contribution >= 4 is 23.4 Å². The molecule has 1 heterocycles. The minimum Gasteiger partial charge on any atom is -0.492 e. The number of aryl methyl sites for hydroxylation is 1. The van der Waals surface area contributed by atoms with Gasteiger partial charge in [0.15, 0.2) is 0 Å². The molecule has 0 saturated heterocycles. The molecule has 0 aliphatic heterocycles. The number of ether oxygens (including phenoxy) is 1.